The van der Waals surface area contributed by atoms with Crippen molar-refractivity contribution in [2.75, 3.05) is 0 Å². The number of hydrogen-bond acceptors (Lipinski definition) is 5. The van der Waals surface area contributed by atoms with Crippen LogP contribution in [-0.4, -0.2) is 16.2 Å². The highest BCUT2D eigenvalue weighted by Crippen LogP contribution is 2.28. The summed E-state index contributed by atoms with van der Waals surface area (Å²) in [6.45, 7) is 2.11. The lowest BCUT2D eigenvalue weighted by Gasteiger charge is -2.05. The molecule has 0 saturated heterocycles. The van der Waals surface area contributed by atoms with Crippen LogP contribution < -0.4 is 5.73 Å². The minimum absolute atomic E-state index is 0.0643. The summed E-state index contributed by atoms with van der Waals surface area (Å²) in [6.07, 6.45) is 4.27. The Morgan fingerprint density at radius 1 is 1.30 bits per heavy atom. The lowest BCUT2D eigenvalue weighted by Crippen LogP contribution is -2.22. The Balaban J connectivity index is 1.86. The Hall–Kier alpha value is -2.14. The van der Waals surface area contributed by atoms with Crippen molar-refractivity contribution >= 4 is 11.0 Å². The number of fused-ring (bicyclic) bond motifs is 1. The lowest BCUT2D eigenvalue weighted by atomic mass is 10.1. The average Bonchev–Trinajstić information content (AvgIpc) is 3.05. The maximum Gasteiger partial charge on any atom is 0.228 e. The molecule has 0 spiro atoms. The van der Waals surface area contributed by atoms with Crippen LogP contribution >= 0.6 is 0 Å². The summed E-state index contributed by atoms with van der Waals surface area (Å²) in [7, 11) is 0. The van der Waals surface area contributed by atoms with Crippen molar-refractivity contribution in [1.82, 2.24) is 10.1 Å². The molecule has 0 aliphatic heterocycles. The van der Waals surface area contributed by atoms with Crippen molar-refractivity contribution < 1.29 is 8.94 Å². The van der Waals surface area contributed by atoms with Gasteiger partial charge in [-0.25, -0.2) is 0 Å². The molecule has 20 heavy (non-hydrogen) atoms. The second kappa shape index (κ2) is 5.46. The van der Waals surface area contributed by atoms with Crippen LogP contribution in [0.3, 0.4) is 0 Å². The predicted octanol–water partition coefficient (Wildman–Crippen LogP) is 3.15. The fourth-order valence-electron chi connectivity index (χ4n) is 2.30. The highest BCUT2D eigenvalue weighted by Gasteiger charge is 2.15. The molecular formula is C15H17N3O2. The zero-order chi connectivity index (χ0) is 13.9. The topological polar surface area (TPSA) is 78.1 Å². The molecule has 0 saturated carbocycles. The van der Waals surface area contributed by atoms with E-state index in [0.717, 1.165) is 29.4 Å². The molecule has 1 unspecified atom stereocenters. The van der Waals surface area contributed by atoms with Gasteiger partial charge in [-0.05, 0) is 12.5 Å². The summed E-state index contributed by atoms with van der Waals surface area (Å²) in [5, 5.41) is 5.00. The summed E-state index contributed by atoms with van der Waals surface area (Å²) >= 11 is 0. The van der Waals surface area contributed by atoms with E-state index in [1.54, 1.807) is 6.26 Å². The van der Waals surface area contributed by atoms with Crippen LogP contribution in [0.1, 0.15) is 25.7 Å². The van der Waals surface area contributed by atoms with Gasteiger partial charge in [-0.15, -0.1) is 0 Å². The summed E-state index contributed by atoms with van der Waals surface area (Å²) in [4.78, 5) is 4.41. The molecule has 0 aliphatic rings. The fraction of sp³-hybridized carbons (Fsp3) is 0.333. The van der Waals surface area contributed by atoms with Gasteiger partial charge in [0.05, 0.1) is 5.56 Å². The molecule has 3 aromatic rings. The molecule has 0 amide bonds. The largest absolute Gasteiger partial charge is 0.464 e. The molecule has 2 N–H and O–H groups in total. The van der Waals surface area contributed by atoms with Gasteiger partial charge in [0.25, 0.3) is 0 Å². The third-order valence-electron chi connectivity index (χ3n) is 3.29. The number of hydrogen-bond donors (Lipinski definition) is 1. The van der Waals surface area contributed by atoms with Crippen LogP contribution in [0.2, 0.25) is 0 Å². The Labute approximate surface area is 116 Å². The maximum atomic E-state index is 5.99. The van der Waals surface area contributed by atoms with Crippen molar-refractivity contribution in [3.8, 4) is 11.4 Å². The Bertz CT molecular complexity index is 702. The van der Waals surface area contributed by atoms with Crippen LogP contribution in [0.25, 0.3) is 22.4 Å². The second-order valence-electron chi connectivity index (χ2n) is 4.91. The molecule has 0 fully saturated rings. The third-order valence-corrected chi connectivity index (χ3v) is 3.29. The van der Waals surface area contributed by atoms with Crippen molar-refractivity contribution in [2.24, 2.45) is 5.73 Å². The molecule has 0 bridgehead atoms. The number of para-hydroxylation sites is 1. The quantitative estimate of drug-likeness (QED) is 0.771. The minimum atomic E-state index is 0.0643. The van der Waals surface area contributed by atoms with Crippen LogP contribution in [-0.2, 0) is 6.42 Å². The van der Waals surface area contributed by atoms with Crippen LogP contribution in [0, 0.1) is 0 Å². The van der Waals surface area contributed by atoms with Crippen LogP contribution in [0.4, 0.5) is 0 Å². The Kier molecular flexibility index (Phi) is 3.52. The molecule has 0 aliphatic carbocycles. The molecule has 2 aromatic heterocycles. The normalized spacial score (nSPS) is 12.9. The predicted molar refractivity (Wildman–Crippen MR) is 76.1 cm³/mol. The van der Waals surface area contributed by atoms with Crippen LogP contribution in [0.15, 0.2) is 39.5 Å². The van der Waals surface area contributed by atoms with Gasteiger partial charge in [0.2, 0.25) is 11.7 Å². The lowest BCUT2D eigenvalue weighted by molar-refractivity contribution is 0.366. The first-order valence-electron chi connectivity index (χ1n) is 6.82. The SMILES string of the molecule is CCCC(N)Cc1nc(-c2coc3ccccc23)no1. The monoisotopic (exact) mass is 271 g/mol. The van der Waals surface area contributed by atoms with E-state index in [1.807, 2.05) is 24.3 Å². The summed E-state index contributed by atoms with van der Waals surface area (Å²) in [5.41, 5.74) is 7.65. The number of furan rings is 1. The van der Waals surface area contributed by atoms with Gasteiger partial charge >= 0.3 is 0 Å². The zero-order valence-electron chi connectivity index (χ0n) is 11.4. The summed E-state index contributed by atoms with van der Waals surface area (Å²) in [6, 6.07) is 7.85. The van der Waals surface area contributed by atoms with Crippen LogP contribution in [0.5, 0.6) is 0 Å². The second-order valence-corrected chi connectivity index (χ2v) is 4.91. The minimum Gasteiger partial charge on any atom is -0.464 e. The smallest absolute Gasteiger partial charge is 0.228 e. The number of nitrogens with two attached hydrogens (primary N) is 1. The van der Waals surface area contributed by atoms with Gasteiger partial charge < -0.3 is 14.7 Å². The highest BCUT2D eigenvalue weighted by atomic mass is 16.5. The molecule has 0 radical (unpaired) electrons. The molecule has 104 valence electrons. The van der Waals surface area contributed by atoms with Gasteiger partial charge in [-0.2, -0.15) is 4.98 Å². The van der Waals surface area contributed by atoms with Gasteiger partial charge in [0.15, 0.2) is 0 Å². The molecule has 3 rings (SSSR count). The number of aromatic nitrogens is 2. The number of rotatable bonds is 5. The van der Waals surface area contributed by atoms with E-state index in [-0.39, 0.29) is 6.04 Å². The molecule has 5 nitrogen and oxygen atoms in total. The number of nitrogens with zero attached hydrogens (tertiary/aromatic N) is 2. The standard InChI is InChI=1S/C15H17N3O2/c1-2-5-10(16)8-14-17-15(18-20-14)12-9-19-13-7-4-3-6-11(12)13/h3-4,6-7,9-10H,2,5,8,16H2,1H3. The number of benzene rings is 1. The van der Waals surface area contributed by atoms with Crippen molar-refractivity contribution in [3.63, 3.8) is 0 Å². The van der Waals surface area contributed by atoms with Crippen molar-refractivity contribution in [2.45, 2.75) is 32.2 Å². The maximum absolute atomic E-state index is 5.99. The molecular weight excluding hydrogens is 254 g/mol. The van der Waals surface area contributed by atoms with E-state index in [4.69, 9.17) is 14.7 Å². The molecule has 1 aromatic carbocycles. The van der Waals surface area contributed by atoms with E-state index in [0.29, 0.717) is 18.1 Å². The van der Waals surface area contributed by atoms with Gasteiger partial charge in [-0.1, -0.05) is 36.7 Å². The van der Waals surface area contributed by atoms with Crippen molar-refractivity contribution in [1.29, 1.82) is 0 Å². The van der Waals surface area contributed by atoms with Gasteiger partial charge in [-0.3, -0.25) is 0 Å². The summed E-state index contributed by atoms with van der Waals surface area (Å²) < 4.78 is 10.8. The molecule has 5 heteroatoms. The van der Waals surface area contributed by atoms with Crippen molar-refractivity contribution in [3.05, 3.63) is 36.4 Å². The Morgan fingerprint density at radius 3 is 3.00 bits per heavy atom. The molecule has 1 atom stereocenters. The van der Waals surface area contributed by atoms with Gasteiger partial charge in [0, 0.05) is 17.8 Å². The fourth-order valence-corrected chi connectivity index (χ4v) is 2.30. The van der Waals surface area contributed by atoms with E-state index in [1.165, 1.54) is 0 Å². The van der Waals surface area contributed by atoms with E-state index in [9.17, 15) is 0 Å². The van der Waals surface area contributed by atoms with E-state index < -0.39 is 0 Å². The highest BCUT2D eigenvalue weighted by molar-refractivity contribution is 5.91. The van der Waals surface area contributed by atoms with Gasteiger partial charge in [0.1, 0.15) is 11.8 Å². The Morgan fingerprint density at radius 2 is 2.15 bits per heavy atom. The first-order chi connectivity index (χ1) is 9.78. The van der Waals surface area contributed by atoms with E-state index in [2.05, 4.69) is 17.1 Å². The molecule has 2 heterocycles. The first kappa shape index (κ1) is 12.9. The third kappa shape index (κ3) is 2.44. The first-order valence-corrected chi connectivity index (χ1v) is 6.82. The average molecular weight is 271 g/mol. The van der Waals surface area contributed by atoms with E-state index >= 15 is 0 Å². The summed E-state index contributed by atoms with van der Waals surface area (Å²) in [5.74, 6) is 1.12. The zero-order valence-corrected chi connectivity index (χ0v) is 11.4.